The minimum absolute atomic E-state index is 0.0637. The normalized spacial score (nSPS) is 11.7. The van der Waals surface area contributed by atoms with Gasteiger partial charge in [-0.15, -0.1) is 5.10 Å². The first-order valence-corrected chi connectivity index (χ1v) is 7.73. The van der Waals surface area contributed by atoms with E-state index in [0.717, 1.165) is 4.52 Å². The molecule has 0 radical (unpaired) electrons. The van der Waals surface area contributed by atoms with Gasteiger partial charge in [-0.1, -0.05) is 0 Å². The number of fused-ring (bicyclic) bond motifs is 1. The minimum atomic E-state index is -4.37. The fraction of sp³-hybridized carbons (Fsp3) is 0.0833. The summed E-state index contributed by atoms with van der Waals surface area (Å²) in [4.78, 5) is 7.58. The molecular weight excluding hydrogens is 351 g/mol. The van der Waals surface area contributed by atoms with Gasteiger partial charge < -0.3 is 4.74 Å². The van der Waals surface area contributed by atoms with Gasteiger partial charge in [0, 0.05) is 24.4 Å². The molecule has 0 fully saturated rings. The first-order chi connectivity index (χ1) is 11.3. The summed E-state index contributed by atoms with van der Waals surface area (Å²) in [5.74, 6) is -4.66. The number of hydrogen-bond donors (Lipinski definition) is 1. The van der Waals surface area contributed by atoms with Crippen molar-refractivity contribution in [3.8, 4) is 5.88 Å². The van der Waals surface area contributed by atoms with E-state index in [-0.39, 0.29) is 11.7 Å². The second-order valence-corrected chi connectivity index (χ2v) is 6.04. The Balaban J connectivity index is 1.98. The van der Waals surface area contributed by atoms with Crippen LogP contribution in [0.3, 0.4) is 0 Å². The van der Waals surface area contributed by atoms with Crippen LogP contribution in [0.2, 0.25) is 0 Å². The topological polar surface area (TPSA) is 98.5 Å². The van der Waals surface area contributed by atoms with E-state index in [2.05, 4.69) is 15.1 Å². The number of ether oxygens (including phenoxy) is 1. The Bertz CT molecular complexity index is 1010. The number of aromatic nitrogens is 4. The Kier molecular flexibility index (Phi) is 3.75. The van der Waals surface area contributed by atoms with E-state index in [4.69, 9.17) is 4.74 Å². The van der Waals surface area contributed by atoms with Crippen LogP contribution in [0.4, 0.5) is 18.9 Å². The molecule has 0 spiro atoms. The summed E-state index contributed by atoms with van der Waals surface area (Å²) in [5, 5.41) is 3.01. The Morgan fingerprint density at radius 1 is 1.17 bits per heavy atom. The number of hydrogen-bond acceptors (Lipinski definition) is 6. The van der Waals surface area contributed by atoms with E-state index < -0.39 is 38.3 Å². The van der Waals surface area contributed by atoms with Crippen molar-refractivity contribution in [1.29, 1.82) is 0 Å². The van der Waals surface area contributed by atoms with Crippen LogP contribution in [0.5, 0.6) is 5.88 Å². The van der Waals surface area contributed by atoms with Crippen molar-refractivity contribution in [3.05, 3.63) is 41.8 Å². The predicted octanol–water partition coefficient (Wildman–Crippen LogP) is 1.35. The van der Waals surface area contributed by atoms with Gasteiger partial charge in [0.2, 0.25) is 5.88 Å². The molecule has 1 N–H and O–H groups in total. The second-order valence-electron chi connectivity index (χ2n) is 4.47. The third kappa shape index (κ3) is 2.82. The molecule has 0 amide bonds. The van der Waals surface area contributed by atoms with Crippen molar-refractivity contribution in [2.45, 2.75) is 5.16 Å². The molecule has 1 aromatic carbocycles. The van der Waals surface area contributed by atoms with E-state index in [0.29, 0.717) is 12.1 Å². The molecular formula is C12H8F3N5O3S. The van der Waals surface area contributed by atoms with Gasteiger partial charge in [-0.25, -0.2) is 17.7 Å². The maximum Gasteiger partial charge on any atom is 0.299 e. The zero-order valence-corrected chi connectivity index (χ0v) is 12.7. The summed E-state index contributed by atoms with van der Waals surface area (Å²) in [6.07, 6.45) is 1.37. The highest BCUT2D eigenvalue weighted by atomic mass is 32.2. The van der Waals surface area contributed by atoms with E-state index in [1.165, 1.54) is 19.4 Å². The quantitative estimate of drug-likeness (QED) is 0.706. The molecule has 2 heterocycles. The smallest absolute Gasteiger partial charge is 0.299 e. The van der Waals surface area contributed by atoms with Gasteiger partial charge in [0.1, 0.15) is 0 Å². The number of rotatable bonds is 4. The lowest BCUT2D eigenvalue weighted by Gasteiger charge is -2.05. The van der Waals surface area contributed by atoms with Gasteiger partial charge >= 0.3 is 0 Å². The molecule has 0 aliphatic rings. The lowest BCUT2D eigenvalue weighted by molar-refractivity contribution is 0.397. The fourth-order valence-corrected chi connectivity index (χ4v) is 2.70. The molecule has 0 unspecified atom stereocenters. The molecule has 0 bridgehead atoms. The average Bonchev–Trinajstić information content (AvgIpc) is 2.96. The number of nitrogens with one attached hydrogen (secondary N) is 1. The SMILES string of the molecule is COc1ccn2nc(S(=O)(=O)Nc3cc(F)c(F)c(F)c3)nc2n1. The van der Waals surface area contributed by atoms with Crippen LogP contribution in [-0.2, 0) is 10.0 Å². The second kappa shape index (κ2) is 5.63. The molecule has 126 valence electrons. The highest BCUT2D eigenvalue weighted by Gasteiger charge is 2.23. The van der Waals surface area contributed by atoms with Crippen LogP contribution in [0.15, 0.2) is 29.6 Å². The summed E-state index contributed by atoms with van der Waals surface area (Å²) in [6.45, 7) is 0. The molecule has 24 heavy (non-hydrogen) atoms. The Morgan fingerprint density at radius 2 is 1.83 bits per heavy atom. The molecule has 0 atom stereocenters. The molecule has 8 nitrogen and oxygen atoms in total. The lowest BCUT2D eigenvalue weighted by atomic mass is 10.3. The average molecular weight is 359 g/mol. The standard InChI is InChI=1S/C12H8F3N5O3S/c1-23-9-2-3-20-11(16-9)17-12(18-20)24(21,22)19-6-4-7(13)10(15)8(14)5-6/h2-5,19H,1H3. The first kappa shape index (κ1) is 16.0. The van der Waals surface area contributed by atoms with E-state index in [9.17, 15) is 21.6 Å². The highest BCUT2D eigenvalue weighted by molar-refractivity contribution is 7.92. The summed E-state index contributed by atoms with van der Waals surface area (Å²) in [5.41, 5.74) is -0.518. The number of methoxy groups -OCH3 is 1. The van der Waals surface area contributed by atoms with Gasteiger partial charge in [-0.2, -0.15) is 18.4 Å². The van der Waals surface area contributed by atoms with Crippen molar-refractivity contribution < 1.29 is 26.3 Å². The van der Waals surface area contributed by atoms with Gasteiger partial charge in [0.15, 0.2) is 17.5 Å². The van der Waals surface area contributed by atoms with Crippen molar-refractivity contribution in [1.82, 2.24) is 19.6 Å². The van der Waals surface area contributed by atoms with Crippen LogP contribution in [0.1, 0.15) is 0 Å². The maximum atomic E-state index is 13.2. The molecule has 0 saturated carbocycles. The molecule has 3 aromatic rings. The van der Waals surface area contributed by atoms with Crippen LogP contribution < -0.4 is 9.46 Å². The predicted molar refractivity (Wildman–Crippen MR) is 74.5 cm³/mol. The Labute approximate surface area is 133 Å². The van der Waals surface area contributed by atoms with E-state index in [1.807, 2.05) is 4.72 Å². The summed E-state index contributed by atoms with van der Waals surface area (Å²) in [6, 6.07) is 2.41. The zero-order valence-electron chi connectivity index (χ0n) is 11.9. The zero-order chi connectivity index (χ0) is 17.5. The van der Waals surface area contributed by atoms with Gasteiger partial charge in [-0.3, -0.25) is 4.72 Å². The number of halogens is 3. The molecule has 2 aromatic heterocycles. The van der Waals surface area contributed by atoms with Crippen molar-refractivity contribution in [3.63, 3.8) is 0 Å². The van der Waals surface area contributed by atoms with Gasteiger partial charge in [0.25, 0.3) is 21.0 Å². The number of benzene rings is 1. The molecule has 0 saturated heterocycles. The molecule has 3 rings (SSSR count). The largest absolute Gasteiger partial charge is 0.481 e. The first-order valence-electron chi connectivity index (χ1n) is 6.25. The lowest BCUT2D eigenvalue weighted by Crippen LogP contribution is -2.15. The van der Waals surface area contributed by atoms with Crippen molar-refractivity contribution >= 4 is 21.5 Å². The highest BCUT2D eigenvalue weighted by Crippen LogP contribution is 2.20. The minimum Gasteiger partial charge on any atom is -0.481 e. The molecule has 12 heteroatoms. The summed E-state index contributed by atoms with van der Waals surface area (Å²) in [7, 11) is -3.00. The van der Waals surface area contributed by atoms with Crippen molar-refractivity contribution in [2.75, 3.05) is 11.8 Å². The number of anilines is 1. The third-order valence-corrected chi connectivity index (χ3v) is 4.01. The molecule has 0 aliphatic heterocycles. The maximum absolute atomic E-state index is 13.2. The monoisotopic (exact) mass is 359 g/mol. The van der Waals surface area contributed by atoms with Crippen LogP contribution in [-0.4, -0.2) is 35.1 Å². The fourth-order valence-electron chi connectivity index (χ4n) is 1.79. The number of nitrogens with zero attached hydrogens (tertiary/aromatic N) is 4. The summed E-state index contributed by atoms with van der Waals surface area (Å²) >= 11 is 0. The Hall–Kier alpha value is -2.89. The van der Waals surface area contributed by atoms with E-state index in [1.54, 1.807) is 0 Å². The van der Waals surface area contributed by atoms with Gasteiger partial charge in [0.05, 0.1) is 12.8 Å². The summed E-state index contributed by atoms with van der Waals surface area (Å²) < 4.78 is 71.4. The van der Waals surface area contributed by atoms with E-state index >= 15 is 0 Å². The van der Waals surface area contributed by atoms with Crippen LogP contribution in [0, 0.1) is 17.5 Å². The third-order valence-electron chi connectivity index (χ3n) is 2.85. The Morgan fingerprint density at radius 3 is 2.46 bits per heavy atom. The van der Waals surface area contributed by atoms with Gasteiger partial charge in [-0.05, 0) is 0 Å². The van der Waals surface area contributed by atoms with Crippen LogP contribution >= 0.6 is 0 Å². The van der Waals surface area contributed by atoms with Crippen LogP contribution in [0.25, 0.3) is 5.78 Å². The number of sulfonamides is 1. The van der Waals surface area contributed by atoms with Crippen molar-refractivity contribution in [2.24, 2.45) is 0 Å². The molecule has 0 aliphatic carbocycles.